The first-order chi connectivity index (χ1) is 22.6. The van der Waals surface area contributed by atoms with Gasteiger partial charge in [-0.25, -0.2) is 0 Å². The number of fused-ring (bicyclic) bond motifs is 1. The van der Waals surface area contributed by atoms with E-state index < -0.39 is 0 Å². The van der Waals surface area contributed by atoms with Gasteiger partial charge in [0.1, 0.15) is 29.9 Å². The molecule has 0 saturated carbocycles. The van der Waals surface area contributed by atoms with Crippen LogP contribution in [-0.2, 0) is 11.4 Å². The Morgan fingerprint density at radius 2 is 1.72 bits per heavy atom. The monoisotopic (exact) mass is 612 g/mol. The molecule has 10 nitrogen and oxygen atoms in total. The number of aromatic nitrogens is 2. The zero-order valence-corrected chi connectivity index (χ0v) is 25.2. The Labute approximate surface area is 266 Å². The molecule has 6 rings (SSSR count). The number of rotatable bonds is 10. The van der Waals surface area contributed by atoms with Crippen molar-refractivity contribution in [1.82, 2.24) is 15.3 Å². The van der Waals surface area contributed by atoms with Crippen LogP contribution in [0.1, 0.15) is 24.0 Å². The van der Waals surface area contributed by atoms with Crippen molar-refractivity contribution in [3.05, 3.63) is 114 Å². The maximum atomic E-state index is 13.2. The largest absolute Gasteiger partial charge is 0.497 e. The molecule has 5 aromatic rings. The van der Waals surface area contributed by atoms with Crippen LogP contribution in [-0.4, -0.2) is 36.1 Å². The second-order valence-electron chi connectivity index (χ2n) is 10.6. The van der Waals surface area contributed by atoms with Crippen molar-refractivity contribution in [2.45, 2.75) is 19.4 Å². The number of pyridine rings is 2. The second-order valence-corrected chi connectivity index (χ2v) is 10.6. The fourth-order valence-corrected chi connectivity index (χ4v) is 5.07. The molecule has 10 heteroatoms. The Balaban J connectivity index is 1.28. The molecular formula is C36H32N6O4. The summed E-state index contributed by atoms with van der Waals surface area (Å²) >= 11 is 0. The van der Waals surface area contributed by atoms with Crippen LogP contribution in [0.15, 0.2) is 103 Å². The predicted octanol–water partition coefficient (Wildman–Crippen LogP) is 6.87. The number of nitrogens with zero attached hydrogens (tertiary/aromatic N) is 3. The summed E-state index contributed by atoms with van der Waals surface area (Å²) in [7, 11) is 1.64. The maximum Gasteiger partial charge on any atom is 0.248 e. The molecule has 3 N–H and O–H groups in total. The average Bonchev–Trinajstić information content (AvgIpc) is 3.09. The van der Waals surface area contributed by atoms with E-state index in [-0.39, 0.29) is 5.91 Å². The molecule has 0 unspecified atom stereocenters. The van der Waals surface area contributed by atoms with Gasteiger partial charge in [-0.2, -0.15) is 5.26 Å². The summed E-state index contributed by atoms with van der Waals surface area (Å²) < 4.78 is 17.3. The lowest BCUT2D eigenvalue weighted by Crippen LogP contribution is -2.24. The van der Waals surface area contributed by atoms with Gasteiger partial charge in [0, 0.05) is 41.8 Å². The van der Waals surface area contributed by atoms with Crippen molar-refractivity contribution >= 4 is 33.9 Å². The topological polar surface area (TPSA) is 130 Å². The average molecular weight is 613 g/mol. The van der Waals surface area contributed by atoms with Crippen LogP contribution in [0.5, 0.6) is 23.0 Å². The molecule has 0 bridgehead atoms. The van der Waals surface area contributed by atoms with E-state index in [1.54, 1.807) is 49.8 Å². The van der Waals surface area contributed by atoms with Crippen molar-refractivity contribution in [2.24, 2.45) is 0 Å². The first-order valence-electron chi connectivity index (χ1n) is 14.9. The fraction of sp³-hybridized carbons (Fsp3) is 0.167. The fourth-order valence-electron chi connectivity index (χ4n) is 5.07. The first-order valence-corrected chi connectivity index (χ1v) is 14.9. The molecule has 1 fully saturated rings. The smallest absolute Gasteiger partial charge is 0.248 e. The first kappa shape index (κ1) is 30.1. The summed E-state index contributed by atoms with van der Waals surface area (Å²) in [6.45, 7) is 2.11. The minimum absolute atomic E-state index is 0.250. The highest BCUT2D eigenvalue weighted by Gasteiger charge is 2.17. The van der Waals surface area contributed by atoms with Crippen molar-refractivity contribution in [3.8, 4) is 29.1 Å². The Bertz CT molecular complexity index is 1890. The number of anilines is 3. The summed E-state index contributed by atoms with van der Waals surface area (Å²) in [5.74, 6) is 2.22. The van der Waals surface area contributed by atoms with E-state index in [0.717, 1.165) is 48.5 Å². The van der Waals surface area contributed by atoms with Gasteiger partial charge in [0.05, 0.1) is 29.6 Å². The van der Waals surface area contributed by atoms with Crippen molar-refractivity contribution in [3.63, 3.8) is 0 Å². The van der Waals surface area contributed by atoms with Gasteiger partial charge >= 0.3 is 0 Å². The lowest BCUT2D eigenvalue weighted by molar-refractivity contribution is -0.112. The highest BCUT2D eigenvalue weighted by molar-refractivity contribution is 6.05. The van der Waals surface area contributed by atoms with E-state index in [1.165, 1.54) is 6.20 Å². The van der Waals surface area contributed by atoms with E-state index in [0.29, 0.717) is 51.7 Å². The summed E-state index contributed by atoms with van der Waals surface area (Å²) in [6, 6.07) is 24.4. The molecule has 1 amide bonds. The van der Waals surface area contributed by atoms with Gasteiger partial charge < -0.3 is 30.2 Å². The van der Waals surface area contributed by atoms with E-state index in [9.17, 15) is 10.1 Å². The summed E-state index contributed by atoms with van der Waals surface area (Å²) in [5.41, 5.74) is 4.79. The highest BCUT2D eigenvalue weighted by atomic mass is 16.5. The molecule has 230 valence electrons. The summed E-state index contributed by atoms with van der Waals surface area (Å²) in [4.78, 5) is 21.7. The molecule has 1 saturated heterocycles. The van der Waals surface area contributed by atoms with Crippen molar-refractivity contribution in [2.75, 3.05) is 30.8 Å². The minimum atomic E-state index is -0.250. The third-order valence-corrected chi connectivity index (χ3v) is 7.49. The Morgan fingerprint density at radius 3 is 2.43 bits per heavy atom. The molecule has 1 aliphatic rings. The number of carbonyl (C=O) groups excluding carboxylic acids is 1. The number of methoxy groups -OCH3 is 1. The third-order valence-electron chi connectivity index (χ3n) is 7.49. The lowest BCUT2D eigenvalue weighted by atomic mass is 10.0. The molecule has 3 aromatic carbocycles. The van der Waals surface area contributed by atoms with Crippen molar-refractivity contribution in [1.29, 1.82) is 5.26 Å². The Hall–Kier alpha value is -5.92. The maximum absolute atomic E-state index is 13.2. The van der Waals surface area contributed by atoms with Gasteiger partial charge in [-0.1, -0.05) is 17.7 Å². The van der Waals surface area contributed by atoms with E-state index in [4.69, 9.17) is 14.2 Å². The number of carbonyl (C=O) groups is 1. The second kappa shape index (κ2) is 14.2. The van der Waals surface area contributed by atoms with Crippen LogP contribution in [0.25, 0.3) is 10.9 Å². The number of nitriles is 1. The quantitative estimate of drug-likeness (QED) is 0.145. The number of piperidine rings is 1. The number of ether oxygens (including phenoxy) is 3. The van der Waals surface area contributed by atoms with E-state index >= 15 is 0 Å². The normalized spacial score (nSPS) is 12.6. The molecular weight excluding hydrogens is 580 g/mol. The van der Waals surface area contributed by atoms with Crippen LogP contribution in [0.4, 0.5) is 17.1 Å². The molecule has 3 heterocycles. The molecule has 0 aliphatic carbocycles. The zero-order valence-electron chi connectivity index (χ0n) is 25.2. The van der Waals surface area contributed by atoms with Crippen LogP contribution in [0.2, 0.25) is 0 Å². The Kier molecular flexibility index (Phi) is 9.33. The van der Waals surface area contributed by atoms with Crippen molar-refractivity contribution < 1.29 is 19.0 Å². The van der Waals surface area contributed by atoms with Crippen LogP contribution in [0.3, 0.4) is 0 Å². The van der Waals surface area contributed by atoms with E-state index in [1.807, 2.05) is 48.5 Å². The standard InChI is InChI=1S/C36H32N6O4/c1-44-28-6-2-25(3-7-28)23-45-29-8-4-27(5-9-29)41-36-26(21-37)22-40-32-20-34(46-30-12-16-39-17-13-30)33(19-31(32)36)42-35(43)18-24-10-14-38-15-11-24/h2-9,12-13,16-20,22,38H,10-11,14-15,23H2,1H3,(H,40,41)(H,42,43). The van der Waals surface area contributed by atoms with Crippen LogP contribution >= 0.6 is 0 Å². The highest BCUT2D eigenvalue weighted by Crippen LogP contribution is 2.38. The summed E-state index contributed by atoms with van der Waals surface area (Å²) in [6.07, 6.45) is 8.08. The molecule has 1 aliphatic heterocycles. The number of hydrogen-bond acceptors (Lipinski definition) is 9. The SMILES string of the molecule is COc1ccc(COc2ccc(Nc3c(C#N)cnc4cc(Oc5ccncc5)c(NC(=O)C=C5CCNCC5)cc34)cc2)cc1. The zero-order chi connectivity index (χ0) is 31.7. The minimum Gasteiger partial charge on any atom is -0.497 e. The van der Waals surface area contributed by atoms with E-state index in [2.05, 4.69) is 32.0 Å². The molecule has 0 radical (unpaired) electrons. The number of hydrogen-bond donors (Lipinski definition) is 3. The predicted molar refractivity (Wildman–Crippen MR) is 177 cm³/mol. The molecule has 0 spiro atoms. The molecule has 46 heavy (non-hydrogen) atoms. The number of nitrogens with one attached hydrogen (secondary N) is 3. The van der Waals surface area contributed by atoms with Crippen LogP contribution in [0, 0.1) is 11.3 Å². The van der Waals surface area contributed by atoms with Gasteiger partial charge in [-0.15, -0.1) is 0 Å². The lowest BCUT2D eigenvalue weighted by Gasteiger charge is -2.17. The van der Waals surface area contributed by atoms with Gasteiger partial charge in [-0.05, 0) is 86.1 Å². The van der Waals surface area contributed by atoms with Gasteiger partial charge in [0.2, 0.25) is 5.91 Å². The van der Waals surface area contributed by atoms with Gasteiger partial charge in [0.25, 0.3) is 0 Å². The molecule has 0 atom stereocenters. The Morgan fingerprint density at radius 1 is 0.978 bits per heavy atom. The van der Waals surface area contributed by atoms with Gasteiger partial charge in [0.15, 0.2) is 5.75 Å². The van der Waals surface area contributed by atoms with Gasteiger partial charge in [-0.3, -0.25) is 14.8 Å². The molecule has 2 aromatic heterocycles. The summed E-state index contributed by atoms with van der Waals surface area (Å²) in [5, 5.41) is 20.3. The van der Waals surface area contributed by atoms with Crippen LogP contribution < -0.4 is 30.2 Å². The third kappa shape index (κ3) is 7.41. The number of amides is 1. The number of benzene rings is 3.